The van der Waals surface area contributed by atoms with Gasteiger partial charge in [-0.2, -0.15) is 5.10 Å². The smallest absolute Gasteiger partial charge is 0.329 e. The number of hydrogen-bond acceptors (Lipinski definition) is 3. The van der Waals surface area contributed by atoms with Crippen molar-refractivity contribution in [3.05, 3.63) is 17.5 Å². The molecular weight excluding hydrogens is 270 g/mol. The number of amides is 1. The molecule has 1 aromatic heterocycles. The molecule has 116 valence electrons. The molecule has 6 heteroatoms. The molecule has 2 N–H and O–H groups in total. The summed E-state index contributed by atoms with van der Waals surface area (Å²) < 4.78 is 1.60. The minimum absolute atomic E-state index is 0.299. The van der Waals surface area contributed by atoms with E-state index in [4.69, 9.17) is 0 Å². The summed E-state index contributed by atoms with van der Waals surface area (Å²) in [5.74, 6) is -0.997. The largest absolute Gasteiger partial charge is 0.480 e. The molecule has 1 saturated carbocycles. The first-order chi connectivity index (χ1) is 9.88. The van der Waals surface area contributed by atoms with Crippen LogP contribution in [-0.4, -0.2) is 32.3 Å². The molecule has 21 heavy (non-hydrogen) atoms. The molecule has 1 heterocycles. The van der Waals surface area contributed by atoms with Crippen LogP contribution in [0.5, 0.6) is 0 Å². The van der Waals surface area contributed by atoms with Crippen molar-refractivity contribution in [1.82, 2.24) is 15.1 Å². The van der Waals surface area contributed by atoms with E-state index in [1.54, 1.807) is 10.7 Å². The van der Waals surface area contributed by atoms with Crippen molar-refractivity contribution in [1.29, 1.82) is 0 Å². The van der Waals surface area contributed by atoms with Gasteiger partial charge in [0.05, 0.1) is 5.69 Å². The number of carboxylic acids is 1. The molecular formula is C15H23N3O3. The molecule has 1 aromatic rings. The lowest BCUT2D eigenvalue weighted by Gasteiger charge is -2.37. The van der Waals surface area contributed by atoms with Crippen molar-refractivity contribution in [2.75, 3.05) is 0 Å². The lowest BCUT2D eigenvalue weighted by Crippen LogP contribution is -2.57. The SMILES string of the molecule is CCn1nc(C)cc1C(=O)NC1(C(=O)O)CCCC(C)C1. The third-order valence-electron chi connectivity index (χ3n) is 4.19. The molecule has 1 aliphatic rings. The van der Waals surface area contributed by atoms with Gasteiger partial charge in [0.1, 0.15) is 11.2 Å². The molecule has 6 nitrogen and oxygen atoms in total. The number of hydrogen-bond donors (Lipinski definition) is 2. The normalized spacial score (nSPS) is 25.6. The molecule has 0 bridgehead atoms. The topological polar surface area (TPSA) is 84.2 Å². The van der Waals surface area contributed by atoms with Crippen molar-refractivity contribution < 1.29 is 14.7 Å². The van der Waals surface area contributed by atoms with Gasteiger partial charge in [-0.1, -0.05) is 19.8 Å². The lowest BCUT2D eigenvalue weighted by molar-refractivity contribution is -0.146. The number of rotatable bonds is 4. The first-order valence-electron chi connectivity index (χ1n) is 7.48. The fourth-order valence-corrected chi connectivity index (χ4v) is 3.16. The number of carbonyl (C=O) groups excluding carboxylic acids is 1. The summed E-state index contributed by atoms with van der Waals surface area (Å²) in [5, 5.41) is 16.6. The minimum atomic E-state index is -1.15. The predicted molar refractivity (Wildman–Crippen MR) is 78.1 cm³/mol. The molecule has 2 unspecified atom stereocenters. The average Bonchev–Trinajstić information content (AvgIpc) is 2.80. The average molecular weight is 293 g/mol. The molecule has 1 fully saturated rings. The molecule has 2 rings (SSSR count). The Balaban J connectivity index is 2.24. The Kier molecular flexibility index (Phi) is 4.34. The Bertz CT molecular complexity index is 552. The van der Waals surface area contributed by atoms with Gasteiger partial charge in [-0.05, 0) is 38.7 Å². The van der Waals surface area contributed by atoms with E-state index in [0.29, 0.717) is 31.0 Å². The number of nitrogens with one attached hydrogen (secondary N) is 1. The second kappa shape index (κ2) is 5.87. The van der Waals surface area contributed by atoms with Crippen LogP contribution in [0.4, 0.5) is 0 Å². The van der Waals surface area contributed by atoms with Crippen molar-refractivity contribution in [3.8, 4) is 0 Å². The summed E-state index contributed by atoms with van der Waals surface area (Å²) in [4.78, 5) is 24.2. The first kappa shape index (κ1) is 15.5. The highest BCUT2D eigenvalue weighted by molar-refractivity contribution is 5.96. The van der Waals surface area contributed by atoms with Crippen molar-refractivity contribution >= 4 is 11.9 Å². The quantitative estimate of drug-likeness (QED) is 0.889. The number of carboxylic acid groups (broad SMARTS) is 1. The third kappa shape index (κ3) is 3.09. The van der Waals surface area contributed by atoms with Crippen LogP contribution in [0.1, 0.15) is 55.7 Å². The highest BCUT2D eigenvalue weighted by atomic mass is 16.4. The first-order valence-corrected chi connectivity index (χ1v) is 7.48. The molecule has 0 aliphatic heterocycles. The van der Waals surface area contributed by atoms with Crippen LogP contribution < -0.4 is 5.32 Å². The summed E-state index contributed by atoms with van der Waals surface area (Å²) >= 11 is 0. The van der Waals surface area contributed by atoms with Gasteiger partial charge in [-0.25, -0.2) is 4.79 Å². The number of aryl methyl sites for hydroxylation is 2. The molecule has 1 amide bonds. The van der Waals surface area contributed by atoms with E-state index in [9.17, 15) is 14.7 Å². The van der Waals surface area contributed by atoms with Gasteiger partial charge in [0.2, 0.25) is 0 Å². The summed E-state index contributed by atoms with van der Waals surface area (Å²) in [7, 11) is 0. The summed E-state index contributed by atoms with van der Waals surface area (Å²) in [6.45, 7) is 6.33. The van der Waals surface area contributed by atoms with Gasteiger partial charge in [0.25, 0.3) is 5.91 Å². The van der Waals surface area contributed by atoms with E-state index >= 15 is 0 Å². The summed E-state index contributed by atoms with van der Waals surface area (Å²) in [5.41, 5.74) is 0.0307. The van der Waals surface area contributed by atoms with Gasteiger partial charge in [-0.15, -0.1) is 0 Å². The van der Waals surface area contributed by atoms with Crippen molar-refractivity contribution in [2.45, 2.75) is 58.5 Å². The zero-order valence-electron chi connectivity index (χ0n) is 12.8. The van der Waals surface area contributed by atoms with Crippen LogP contribution in [0.25, 0.3) is 0 Å². The van der Waals surface area contributed by atoms with Crippen LogP contribution in [0.15, 0.2) is 6.07 Å². The van der Waals surface area contributed by atoms with E-state index in [0.717, 1.165) is 18.5 Å². The van der Waals surface area contributed by atoms with Gasteiger partial charge < -0.3 is 10.4 Å². The Labute approximate surface area is 124 Å². The van der Waals surface area contributed by atoms with Gasteiger partial charge >= 0.3 is 5.97 Å². The maximum absolute atomic E-state index is 12.5. The predicted octanol–water partition coefficient (Wildman–Crippen LogP) is 1.97. The van der Waals surface area contributed by atoms with E-state index in [1.807, 2.05) is 20.8 Å². The third-order valence-corrected chi connectivity index (χ3v) is 4.19. The highest BCUT2D eigenvalue weighted by Gasteiger charge is 2.43. The molecule has 0 spiro atoms. The van der Waals surface area contributed by atoms with Crippen LogP contribution in [0.2, 0.25) is 0 Å². The molecule has 1 aliphatic carbocycles. The maximum atomic E-state index is 12.5. The lowest BCUT2D eigenvalue weighted by atomic mass is 9.76. The standard InChI is InChI=1S/C15H23N3O3/c1-4-18-12(8-11(3)17-18)13(19)16-15(14(20)21)7-5-6-10(2)9-15/h8,10H,4-7,9H2,1-3H3,(H,16,19)(H,20,21). The van der Waals surface area contributed by atoms with Crippen LogP contribution in [0, 0.1) is 12.8 Å². The Morgan fingerprint density at radius 3 is 2.86 bits per heavy atom. The van der Waals surface area contributed by atoms with Gasteiger partial charge in [0.15, 0.2) is 0 Å². The van der Waals surface area contributed by atoms with E-state index in [2.05, 4.69) is 10.4 Å². The zero-order valence-corrected chi connectivity index (χ0v) is 12.8. The Morgan fingerprint density at radius 1 is 1.57 bits per heavy atom. The minimum Gasteiger partial charge on any atom is -0.480 e. The molecule has 0 radical (unpaired) electrons. The zero-order chi connectivity index (χ0) is 15.6. The number of carbonyl (C=O) groups is 2. The van der Waals surface area contributed by atoms with Gasteiger partial charge in [-0.3, -0.25) is 9.48 Å². The molecule has 0 saturated heterocycles. The number of aliphatic carboxylic acids is 1. The fraction of sp³-hybridized carbons (Fsp3) is 0.667. The molecule has 2 atom stereocenters. The van der Waals surface area contributed by atoms with E-state index < -0.39 is 11.5 Å². The van der Waals surface area contributed by atoms with Crippen molar-refractivity contribution in [3.63, 3.8) is 0 Å². The fourth-order valence-electron chi connectivity index (χ4n) is 3.16. The Morgan fingerprint density at radius 2 is 2.29 bits per heavy atom. The molecule has 0 aromatic carbocycles. The number of aromatic nitrogens is 2. The van der Waals surface area contributed by atoms with Crippen LogP contribution >= 0.6 is 0 Å². The monoisotopic (exact) mass is 293 g/mol. The maximum Gasteiger partial charge on any atom is 0.329 e. The van der Waals surface area contributed by atoms with Crippen molar-refractivity contribution in [2.24, 2.45) is 5.92 Å². The second-order valence-electron chi connectivity index (χ2n) is 6.03. The number of nitrogens with zero attached hydrogens (tertiary/aromatic N) is 2. The van der Waals surface area contributed by atoms with Crippen LogP contribution in [-0.2, 0) is 11.3 Å². The summed E-state index contributed by atoms with van der Waals surface area (Å²) in [6.07, 6.45) is 2.79. The van der Waals surface area contributed by atoms with E-state index in [-0.39, 0.29) is 5.91 Å². The highest BCUT2D eigenvalue weighted by Crippen LogP contribution is 2.32. The van der Waals surface area contributed by atoms with Crippen LogP contribution in [0.3, 0.4) is 0 Å². The van der Waals surface area contributed by atoms with Gasteiger partial charge in [0, 0.05) is 6.54 Å². The van der Waals surface area contributed by atoms with E-state index in [1.165, 1.54) is 0 Å². The summed E-state index contributed by atoms with van der Waals surface area (Å²) in [6, 6.07) is 1.70. The Hall–Kier alpha value is -1.85. The second-order valence-corrected chi connectivity index (χ2v) is 6.03.